The van der Waals surface area contributed by atoms with Gasteiger partial charge in [-0.15, -0.1) is 0 Å². The summed E-state index contributed by atoms with van der Waals surface area (Å²) >= 11 is 0. The van der Waals surface area contributed by atoms with Gasteiger partial charge in [0.1, 0.15) is 12.4 Å². The minimum atomic E-state index is -0.102. The number of ether oxygens (including phenoxy) is 1. The van der Waals surface area contributed by atoms with Gasteiger partial charge in [0.05, 0.1) is 5.69 Å². The summed E-state index contributed by atoms with van der Waals surface area (Å²) in [4.78, 5) is 14.4. The third-order valence-electron chi connectivity index (χ3n) is 3.56. The monoisotopic (exact) mass is 291 g/mol. The lowest BCUT2D eigenvalue weighted by Crippen LogP contribution is -2.30. The zero-order valence-electron chi connectivity index (χ0n) is 12.9. The maximum absolute atomic E-state index is 12.0. The number of carbonyl (C=O) groups excluding carboxylic acids is 1. The van der Waals surface area contributed by atoms with Crippen LogP contribution in [0.5, 0.6) is 5.75 Å². The Morgan fingerprint density at radius 1 is 1.38 bits per heavy atom. The summed E-state index contributed by atoms with van der Waals surface area (Å²) in [5.41, 5.74) is 7.06. The van der Waals surface area contributed by atoms with Crippen LogP contribution in [0.1, 0.15) is 37.0 Å². The smallest absolute Gasteiger partial charge is 0.251 e. The highest BCUT2D eigenvalue weighted by Crippen LogP contribution is 2.23. The molecule has 0 radical (unpaired) electrons. The number of hydrogen-bond acceptors (Lipinski definition) is 4. The number of nitrogen functional groups attached to an aromatic ring is 1. The van der Waals surface area contributed by atoms with E-state index < -0.39 is 0 Å². The van der Waals surface area contributed by atoms with Crippen LogP contribution in [-0.4, -0.2) is 43.1 Å². The van der Waals surface area contributed by atoms with E-state index in [1.165, 1.54) is 12.8 Å². The number of benzene rings is 1. The molecule has 0 unspecified atom stereocenters. The fourth-order valence-corrected chi connectivity index (χ4v) is 2.44. The average molecular weight is 291 g/mol. The first-order chi connectivity index (χ1) is 10.1. The SMILES string of the molecule is CC(C)NC(=O)c1ccc(N)c(OCCN2CCCC2)c1. The fraction of sp³-hybridized carbons (Fsp3) is 0.562. The second-order valence-corrected chi connectivity index (χ2v) is 5.78. The van der Waals surface area contributed by atoms with Crippen LogP contribution < -0.4 is 15.8 Å². The molecule has 1 saturated heterocycles. The van der Waals surface area contributed by atoms with E-state index in [4.69, 9.17) is 10.5 Å². The van der Waals surface area contributed by atoms with Gasteiger partial charge < -0.3 is 15.8 Å². The van der Waals surface area contributed by atoms with Gasteiger partial charge in [-0.05, 0) is 58.0 Å². The minimum Gasteiger partial charge on any atom is -0.490 e. The van der Waals surface area contributed by atoms with Crippen LogP contribution in [0.25, 0.3) is 0 Å². The first-order valence-electron chi connectivity index (χ1n) is 7.62. The number of rotatable bonds is 6. The zero-order valence-corrected chi connectivity index (χ0v) is 12.9. The maximum Gasteiger partial charge on any atom is 0.251 e. The minimum absolute atomic E-state index is 0.102. The van der Waals surface area contributed by atoms with Crippen molar-refractivity contribution in [3.63, 3.8) is 0 Å². The summed E-state index contributed by atoms with van der Waals surface area (Å²) in [6, 6.07) is 5.27. The highest BCUT2D eigenvalue weighted by molar-refractivity contribution is 5.95. The lowest BCUT2D eigenvalue weighted by Gasteiger charge is -2.16. The summed E-state index contributed by atoms with van der Waals surface area (Å²) in [5.74, 6) is 0.486. The van der Waals surface area contributed by atoms with Gasteiger partial charge >= 0.3 is 0 Å². The molecule has 2 rings (SSSR count). The van der Waals surface area contributed by atoms with Crippen molar-refractivity contribution in [1.29, 1.82) is 0 Å². The highest BCUT2D eigenvalue weighted by Gasteiger charge is 2.13. The summed E-state index contributed by atoms with van der Waals surface area (Å²) in [5, 5.41) is 2.86. The van der Waals surface area contributed by atoms with Crippen LogP contribution in [-0.2, 0) is 0 Å². The lowest BCUT2D eigenvalue weighted by molar-refractivity contribution is 0.0942. The summed E-state index contributed by atoms with van der Waals surface area (Å²) in [6.45, 7) is 7.66. The molecule has 21 heavy (non-hydrogen) atoms. The largest absolute Gasteiger partial charge is 0.490 e. The molecule has 0 aliphatic carbocycles. The Morgan fingerprint density at radius 2 is 2.10 bits per heavy atom. The Bertz CT molecular complexity index is 482. The van der Waals surface area contributed by atoms with Crippen molar-refractivity contribution in [2.45, 2.75) is 32.7 Å². The molecule has 1 heterocycles. The summed E-state index contributed by atoms with van der Waals surface area (Å²) in [6.07, 6.45) is 2.54. The number of amides is 1. The Balaban J connectivity index is 1.93. The molecular weight excluding hydrogens is 266 g/mol. The van der Waals surface area contributed by atoms with Gasteiger partial charge in [0, 0.05) is 18.2 Å². The third kappa shape index (κ3) is 4.63. The third-order valence-corrected chi connectivity index (χ3v) is 3.56. The maximum atomic E-state index is 12.0. The second-order valence-electron chi connectivity index (χ2n) is 5.78. The molecular formula is C16H25N3O2. The zero-order chi connectivity index (χ0) is 15.2. The molecule has 0 spiro atoms. The van der Waals surface area contributed by atoms with Crippen LogP contribution in [0.4, 0.5) is 5.69 Å². The fourth-order valence-electron chi connectivity index (χ4n) is 2.44. The number of anilines is 1. The van der Waals surface area contributed by atoms with E-state index in [1.807, 2.05) is 13.8 Å². The van der Waals surface area contributed by atoms with Crippen molar-refractivity contribution in [3.05, 3.63) is 23.8 Å². The molecule has 5 heteroatoms. The highest BCUT2D eigenvalue weighted by atomic mass is 16.5. The molecule has 116 valence electrons. The van der Waals surface area contributed by atoms with Crippen LogP contribution in [0.2, 0.25) is 0 Å². The molecule has 1 aliphatic heterocycles. The van der Waals surface area contributed by atoms with Gasteiger partial charge in [-0.1, -0.05) is 0 Å². The predicted octanol–water partition coefficient (Wildman–Crippen LogP) is 1.88. The Hall–Kier alpha value is -1.75. The molecule has 0 atom stereocenters. The normalized spacial score (nSPS) is 15.4. The van der Waals surface area contributed by atoms with Crippen LogP contribution in [0.15, 0.2) is 18.2 Å². The lowest BCUT2D eigenvalue weighted by atomic mass is 10.1. The van der Waals surface area contributed by atoms with Gasteiger partial charge in [0.15, 0.2) is 0 Å². The van der Waals surface area contributed by atoms with E-state index in [2.05, 4.69) is 10.2 Å². The molecule has 0 aromatic heterocycles. The topological polar surface area (TPSA) is 67.6 Å². The first kappa shape index (κ1) is 15.6. The van der Waals surface area contributed by atoms with E-state index in [0.29, 0.717) is 23.6 Å². The van der Waals surface area contributed by atoms with Gasteiger partial charge in [-0.3, -0.25) is 9.69 Å². The first-order valence-corrected chi connectivity index (χ1v) is 7.62. The number of nitrogens with two attached hydrogens (primary N) is 1. The molecule has 1 aromatic carbocycles. The molecule has 3 N–H and O–H groups in total. The van der Waals surface area contributed by atoms with E-state index >= 15 is 0 Å². The molecule has 0 saturated carbocycles. The van der Waals surface area contributed by atoms with Crippen molar-refractivity contribution < 1.29 is 9.53 Å². The number of hydrogen-bond donors (Lipinski definition) is 2. The Kier molecular flexibility index (Phi) is 5.44. The molecule has 5 nitrogen and oxygen atoms in total. The summed E-state index contributed by atoms with van der Waals surface area (Å²) in [7, 11) is 0. The van der Waals surface area contributed by atoms with Crippen molar-refractivity contribution in [3.8, 4) is 5.75 Å². The quantitative estimate of drug-likeness (QED) is 0.785. The van der Waals surface area contributed by atoms with Gasteiger partial charge in [-0.25, -0.2) is 0 Å². The van der Waals surface area contributed by atoms with Crippen molar-refractivity contribution in [2.75, 3.05) is 32.0 Å². The molecule has 0 bridgehead atoms. The number of nitrogens with one attached hydrogen (secondary N) is 1. The molecule has 1 amide bonds. The van der Waals surface area contributed by atoms with E-state index in [9.17, 15) is 4.79 Å². The standard InChI is InChI=1S/C16H25N3O2/c1-12(2)18-16(20)13-5-6-14(17)15(11-13)21-10-9-19-7-3-4-8-19/h5-6,11-12H,3-4,7-10,17H2,1-2H3,(H,18,20). The molecule has 1 aromatic rings. The predicted molar refractivity (Wildman–Crippen MR) is 84.6 cm³/mol. The van der Waals surface area contributed by atoms with Crippen LogP contribution >= 0.6 is 0 Å². The number of carbonyl (C=O) groups is 1. The van der Waals surface area contributed by atoms with Crippen molar-refractivity contribution in [1.82, 2.24) is 10.2 Å². The van der Waals surface area contributed by atoms with Crippen LogP contribution in [0.3, 0.4) is 0 Å². The Morgan fingerprint density at radius 3 is 2.76 bits per heavy atom. The average Bonchev–Trinajstić information content (AvgIpc) is 2.93. The molecule has 1 fully saturated rings. The number of nitrogens with zero attached hydrogens (tertiary/aromatic N) is 1. The van der Waals surface area contributed by atoms with Crippen LogP contribution in [0, 0.1) is 0 Å². The number of likely N-dealkylation sites (tertiary alicyclic amines) is 1. The van der Waals surface area contributed by atoms with Crippen molar-refractivity contribution in [2.24, 2.45) is 0 Å². The van der Waals surface area contributed by atoms with E-state index in [1.54, 1.807) is 18.2 Å². The summed E-state index contributed by atoms with van der Waals surface area (Å²) < 4.78 is 5.75. The van der Waals surface area contributed by atoms with Gasteiger partial charge in [0.25, 0.3) is 5.91 Å². The van der Waals surface area contributed by atoms with E-state index in [0.717, 1.165) is 19.6 Å². The molecule has 1 aliphatic rings. The van der Waals surface area contributed by atoms with Gasteiger partial charge in [-0.2, -0.15) is 0 Å². The second kappa shape index (κ2) is 7.31. The van der Waals surface area contributed by atoms with Crippen molar-refractivity contribution >= 4 is 11.6 Å². The van der Waals surface area contributed by atoms with Gasteiger partial charge in [0.2, 0.25) is 0 Å². The van der Waals surface area contributed by atoms with E-state index in [-0.39, 0.29) is 11.9 Å². The Labute approximate surface area is 126 Å².